The van der Waals surface area contributed by atoms with E-state index < -0.39 is 18.4 Å². The molecular formula is C10H13F4NO. The first kappa shape index (κ1) is 13.0. The highest BCUT2D eigenvalue weighted by Gasteiger charge is 2.49. The summed E-state index contributed by atoms with van der Waals surface area (Å²) < 4.78 is 56.0. The van der Waals surface area contributed by atoms with E-state index in [1.54, 1.807) is 6.92 Å². The number of aryl methyl sites for hydroxylation is 2. The third-order valence-corrected chi connectivity index (χ3v) is 2.35. The van der Waals surface area contributed by atoms with Gasteiger partial charge in [0.2, 0.25) is 0 Å². The predicted octanol–water partition coefficient (Wildman–Crippen LogP) is 3.06. The third kappa shape index (κ3) is 2.21. The molecule has 1 heterocycles. The maximum absolute atomic E-state index is 13.2. The normalized spacial score (nSPS) is 14.5. The van der Waals surface area contributed by atoms with E-state index in [9.17, 15) is 17.6 Å². The van der Waals surface area contributed by atoms with Crippen LogP contribution in [0, 0.1) is 13.8 Å². The molecule has 6 heteroatoms. The largest absolute Gasteiger partial charge is 0.466 e. The number of halogens is 4. The van der Waals surface area contributed by atoms with Gasteiger partial charge in [0.1, 0.15) is 17.6 Å². The average Bonchev–Trinajstić information content (AvgIpc) is 2.46. The lowest BCUT2D eigenvalue weighted by atomic mass is 10.0. The molecule has 1 unspecified atom stereocenters. The second-order valence-corrected chi connectivity index (χ2v) is 3.57. The van der Waals surface area contributed by atoms with Gasteiger partial charge >= 0.3 is 12.3 Å². The molecule has 1 N–H and O–H groups in total. The molecule has 1 rings (SSSR count). The van der Waals surface area contributed by atoms with Crippen LogP contribution in [0.2, 0.25) is 0 Å². The fourth-order valence-corrected chi connectivity index (χ4v) is 1.62. The molecule has 0 bridgehead atoms. The van der Waals surface area contributed by atoms with E-state index in [-0.39, 0.29) is 11.3 Å². The number of nitrogens with one attached hydrogen (secondary N) is 1. The lowest BCUT2D eigenvalue weighted by Crippen LogP contribution is -2.41. The van der Waals surface area contributed by atoms with Crippen LogP contribution in [0.15, 0.2) is 10.5 Å². The first-order valence-electron chi connectivity index (χ1n) is 4.70. The van der Waals surface area contributed by atoms with Gasteiger partial charge in [-0.05, 0) is 27.0 Å². The summed E-state index contributed by atoms with van der Waals surface area (Å²) in [5, 5.41) is 2.20. The van der Waals surface area contributed by atoms with Crippen molar-refractivity contribution < 1.29 is 22.0 Å². The van der Waals surface area contributed by atoms with Crippen LogP contribution in [0.5, 0.6) is 0 Å². The van der Waals surface area contributed by atoms with Gasteiger partial charge in [0.05, 0.1) is 0 Å². The Morgan fingerprint density at radius 3 is 2.19 bits per heavy atom. The highest BCUT2D eigenvalue weighted by molar-refractivity contribution is 5.26. The Morgan fingerprint density at radius 1 is 1.31 bits per heavy atom. The van der Waals surface area contributed by atoms with E-state index in [0.717, 1.165) is 0 Å². The lowest BCUT2D eigenvalue weighted by Gasteiger charge is -2.25. The summed E-state index contributed by atoms with van der Waals surface area (Å²) in [4.78, 5) is 0. The number of rotatable bonds is 4. The zero-order valence-electron chi connectivity index (χ0n) is 9.15. The van der Waals surface area contributed by atoms with Crippen molar-refractivity contribution >= 4 is 0 Å². The molecule has 0 aliphatic heterocycles. The number of hydrogen-bond donors (Lipinski definition) is 1. The summed E-state index contributed by atoms with van der Waals surface area (Å²) >= 11 is 0. The van der Waals surface area contributed by atoms with Gasteiger partial charge in [0.25, 0.3) is 0 Å². The monoisotopic (exact) mass is 239 g/mol. The van der Waals surface area contributed by atoms with Crippen LogP contribution < -0.4 is 5.32 Å². The van der Waals surface area contributed by atoms with Crippen molar-refractivity contribution in [1.29, 1.82) is 0 Å². The molecule has 0 radical (unpaired) electrons. The molecule has 2 nitrogen and oxygen atoms in total. The summed E-state index contributed by atoms with van der Waals surface area (Å²) in [6.07, 6.45) is -3.72. The second kappa shape index (κ2) is 4.45. The molecule has 1 aromatic rings. The lowest BCUT2D eigenvalue weighted by molar-refractivity contribution is -0.150. The molecule has 0 fully saturated rings. The summed E-state index contributed by atoms with van der Waals surface area (Å²) in [5.74, 6) is -3.49. The Kier molecular flexibility index (Phi) is 3.62. The zero-order chi connectivity index (χ0) is 12.5. The fourth-order valence-electron chi connectivity index (χ4n) is 1.62. The fraction of sp³-hybridized carbons (Fsp3) is 0.600. The molecule has 92 valence electrons. The Bertz CT molecular complexity index is 362. The Morgan fingerprint density at radius 2 is 1.88 bits per heavy atom. The Hall–Kier alpha value is -1.04. The number of alkyl halides is 4. The Balaban J connectivity index is 3.12. The number of furan rings is 1. The first-order valence-corrected chi connectivity index (χ1v) is 4.70. The third-order valence-electron chi connectivity index (χ3n) is 2.35. The van der Waals surface area contributed by atoms with Gasteiger partial charge in [-0.1, -0.05) is 0 Å². The molecule has 0 spiro atoms. The zero-order valence-corrected chi connectivity index (χ0v) is 9.15. The second-order valence-electron chi connectivity index (χ2n) is 3.57. The van der Waals surface area contributed by atoms with Crippen LogP contribution in [0.1, 0.15) is 23.1 Å². The molecule has 1 aromatic heterocycles. The van der Waals surface area contributed by atoms with Crippen molar-refractivity contribution in [2.24, 2.45) is 0 Å². The van der Waals surface area contributed by atoms with E-state index in [0.29, 0.717) is 5.76 Å². The van der Waals surface area contributed by atoms with Crippen molar-refractivity contribution in [3.63, 3.8) is 0 Å². The maximum Gasteiger partial charge on any atom is 0.326 e. The van der Waals surface area contributed by atoms with Crippen molar-refractivity contribution in [3.05, 3.63) is 23.2 Å². The summed E-state index contributed by atoms with van der Waals surface area (Å²) in [6.45, 7) is 3.04. The number of hydrogen-bond acceptors (Lipinski definition) is 2. The van der Waals surface area contributed by atoms with Gasteiger partial charge in [0.15, 0.2) is 0 Å². The van der Waals surface area contributed by atoms with Gasteiger partial charge < -0.3 is 9.73 Å². The summed E-state index contributed by atoms with van der Waals surface area (Å²) in [6, 6.07) is -0.405. The highest BCUT2D eigenvalue weighted by Crippen LogP contribution is 2.38. The van der Waals surface area contributed by atoms with Crippen LogP contribution in [-0.2, 0) is 0 Å². The minimum atomic E-state index is -4.13. The van der Waals surface area contributed by atoms with Crippen LogP contribution in [-0.4, -0.2) is 19.4 Å². The van der Waals surface area contributed by atoms with Crippen LogP contribution >= 0.6 is 0 Å². The van der Waals surface area contributed by atoms with Gasteiger partial charge in [-0.2, -0.15) is 8.78 Å². The maximum atomic E-state index is 13.2. The first-order chi connectivity index (χ1) is 7.30. The molecule has 0 aromatic carbocycles. The van der Waals surface area contributed by atoms with Gasteiger partial charge in [-0.3, -0.25) is 0 Å². The van der Waals surface area contributed by atoms with E-state index in [2.05, 4.69) is 5.32 Å². The highest BCUT2D eigenvalue weighted by atomic mass is 19.3. The van der Waals surface area contributed by atoms with Gasteiger partial charge in [-0.25, -0.2) is 8.78 Å². The van der Waals surface area contributed by atoms with Crippen LogP contribution in [0.3, 0.4) is 0 Å². The molecule has 1 atom stereocenters. The molecule has 0 aliphatic carbocycles. The van der Waals surface area contributed by atoms with Crippen molar-refractivity contribution in [1.82, 2.24) is 5.32 Å². The van der Waals surface area contributed by atoms with Crippen LogP contribution in [0.25, 0.3) is 0 Å². The standard InChI is InChI=1S/C10H13F4NO/c1-5-4-7(6(2)16-5)8(15-3)10(13,14)9(11)12/h4,8-9,15H,1-3H3. The quantitative estimate of drug-likeness (QED) is 0.817. The van der Waals surface area contributed by atoms with Gasteiger partial charge in [-0.15, -0.1) is 0 Å². The molecule has 0 amide bonds. The van der Waals surface area contributed by atoms with E-state index in [1.807, 2.05) is 0 Å². The van der Waals surface area contributed by atoms with Gasteiger partial charge in [0, 0.05) is 5.56 Å². The Labute approximate surface area is 90.6 Å². The molecule has 16 heavy (non-hydrogen) atoms. The minimum absolute atomic E-state index is 0.0605. The van der Waals surface area contributed by atoms with E-state index in [1.165, 1.54) is 20.0 Å². The van der Waals surface area contributed by atoms with E-state index in [4.69, 9.17) is 4.42 Å². The van der Waals surface area contributed by atoms with Crippen LogP contribution in [0.4, 0.5) is 17.6 Å². The minimum Gasteiger partial charge on any atom is -0.466 e. The topological polar surface area (TPSA) is 25.2 Å². The van der Waals surface area contributed by atoms with E-state index >= 15 is 0 Å². The average molecular weight is 239 g/mol. The van der Waals surface area contributed by atoms with Crippen molar-refractivity contribution in [3.8, 4) is 0 Å². The predicted molar refractivity (Wildman–Crippen MR) is 50.9 cm³/mol. The smallest absolute Gasteiger partial charge is 0.326 e. The molecule has 0 saturated heterocycles. The van der Waals surface area contributed by atoms with Crippen molar-refractivity contribution in [2.45, 2.75) is 32.2 Å². The molecule has 0 saturated carbocycles. The SMILES string of the molecule is CNC(c1cc(C)oc1C)C(F)(F)C(F)F. The molecule has 0 aliphatic rings. The molecular weight excluding hydrogens is 226 g/mol. The summed E-state index contributed by atoms with van der Waals surface area (Å²) in [7, 11) is 1.21. The summed E-state index contributed by atoms with van der Waals surface area (Å²) in [5.41, 5.74) is 0.0605. The van der Waals surface area contributed by atoms with Crippen molar-refractivity contribution in [2.75, 3.05) is 7.05 Å².